The zero-order valence-corrected chi connectivity index (χ0v) is 13.3. The molecule has 0 aromatic carbocycles. The summed E-state index contributed by atoms with van der Waals surface area (Å²) in [4.78, 5) is 23.5. The van der Waals surface area contributed by atoms with E-state index in [2.05, 4.69) is 12.2 Å². The normalized spacial score (nSPS) is 17.8. The van der Waals surface area contributed by atoms with Gasteiger partial charge in [-0.25, -0.2) is 4.79 Å². The Morgan fingerprint density at radius 2 is 1.85 bits per heavy atom. The average Bonchev–Trinajstić information content (AvgIpc) is 2.85. The van der Waals surface area contributed by atoms with Crippen molar-refractivity contribution in [2.45, 2.75) is 71.8 Å². The van der Waals surface area contributed by atoms with E-state index in [9.17, 15) is 9.59 Å². The van der Waals surface area contributed by atoms with Gasteiger partial charge in [-0.05, 0) is 46.0 Å². The van der Waals surface area contributed by atoms with Crippen LogP contribution in [0.15, 0.2) is 0 Å². The molecule has 1 aliphatic rings. The van der Waals surface area contributed by atoms with Crippen LogP contribution in [0.2, 0.25) is 0 Å². The number of rotatable bonds is 6. The van der Waals surface area contributed by atoms with Crippen molar-refractivity contribution >= 4 is 11.9 Å². The number of hydrogen-bond acceptors (Lipinski definition) is 3. The highest BCUT2D eigenvalue weighted by Gasteiger charge is 2.22. The van der Waals surface area contributed by atoms with Crippen molar-refractivity contribution < 1.29 is 14.3 Å². The molecule has 0 saturated heterocycles. The molecule has 0 spiro atoms. The van der Waals surface area contributed by atoms with Crippen LogP contribution in [0.25, 0.3) is 0 Å². The van der Waals surface area contributed by atoms with Gasteiger partial charge in [-0.15, -0.1) is 0 Å². The smallest absolute Gasteiger partial charge is 0.407 e. The van der Waals surface area contributed by atoms with E-state index in [1.807, 2.05) is 20.8 Å². The van der Waals surface area contributed by atoms with Crippen molar-refractivity contribution in [3.8, 4) is 0 Å². The van der Waals surface area contributed by atoms with E-state index in [1.165, 1.54) is 12.8 Å². The highest BCUT2D eigenvalue weighted by atomic mass is 16.6. The lowest BCUT2D eigenvalue weighted by atomic mass is 9.95. The Bertz CT molecular complexity index is 327. The molecule has 0 aliphatic heterocycles. The molecule has 1 unspecified atom stereocenters. The van der Waals surface area contributed by atoms with E-state index < -0.39 is 5.60 Å². The SMILES string of the molecule is CC(CCC(=O)C1CCCC1)CNC(=O)OC(C)(C)C. The lowest BCUT2D eigenvalue weighted by Crippen LogP contribution is -2.35. The topological polar surface area (TPSA) is 55.4 Å². The number of amides is 1. The zero-order chi connectivity index (χ0) is 15.2. The second-order valence-electron chi connectivity index (χ2n) is 6.97. The minimum absolute atomic E-state index is 0.299. The molecule has 1 amide bonds. The number of ether oxygens (including phenoxy) is 1. The highest BCUT2D eigenvalue weighted by Crippen LogP contribution is 2.27. The zero-order valence-electron chi connectivity index (χ0n) is 13.3. The van der Waals surface area contributed by atoms with Crippen molar-refractivity contribution in [1.82, 2.24) is 5.32 Å². The van der Waals surface area contributed by atoms with Crippen LogP contribution in [0.1, 0.15) is 66.2 Å². The van der Waals surface area contributed by atoms with Crippen molar-refractivity contribution in [1.29, 1.82) is 0 Å². The number of ketones is 1. The Kier molecular flexibility index (Phi) is 6.50. The summed E-state index contributed by atoms with van der Waals surface area (Å²) in [6.07, 6.45) is 5.64. The van der Waals surface area contributed by atoms with Crippen molar-refractivity contribution in [2.24, 2.45) is 11.8 Å². The molecule has 1 fully saturated rings. The van der Waals surface area contributed by atoms with Crippen LogP contribution in [-0.4, -0.2) is 24.0 Å². The molecule has 4 nitrogen and oxygen atoms in total. The summed E-state index contributed by atoms with van der Waals surface area (Å²) in [5, 5.41) is 2.76. The van der Waals surface area contributed by atoms with E-state index in [0.29, 0.717) is 30.6 Å². The minimum Gasteiger partial charge on any atom is -0.444 e. The van der Waals surface area contributed by atoms with Crippen LogP contribution in [0.5, 0.6) is 0 Å². The maximum absolute atomic E-state index is 12.0. The van der Waals surface area contributed by atoms with Gasteiger partial charge in [0.15, 0.2) is 0 Å². The molecule has 1 N–H and O–H groups in total. The number of alkyl carbamates (subject to hydrolysis) is 1. The van der Waals surface area contributed by atoms with Gasteiger partial charge in [0.2, 0.25) is 0 Å². The number of carbonyl (C=O) groups is 2. The van der Waals surface area contributed by atoms with E-state index in [4.69, 9.17) is 4.74 Å². The summed E-state index contributed by atoms with van der Waals surface area (Å²) < 4.78 is 5.18. The third kappa shape index (κ3) is 6.92. The van der Waals surface area contributed by atoms with Gasteiger partial charge >= 0.3 is 6.09 Å². The van der Waals surface area contributed by atoms with Crippen molar-refractivity contribution in [2.75, 3.05) is 6.54 Å². The molecule has 4 heteroatoms. The largest absolute Gasteiger partial charge is 0.444 e. The fourth-order valence-electron chi connectivity index (χ4n) is 2.51. The minimum atomic E-state index is -0.467. The third-order valence-electron chi connectivity index (χ3n) is 3.69. The number of nitrogens with one attached hydrogen (secondary N) is 1. The second kappa shape index (κ2) is 7.65. The van der Waals surface area contributed by atoms with Gasteiger partial charge in [-0.3, -0.25) is 4.79 Å². The molecule has 0 heterocycles. The number of Topliss-reactive ketones (excluding diaryl/α,β-unsaturated/α-hetero) is 1. The van der Waals surface area contributed by atoms with Crippen LogP contribution in [0.4, 0.5) is 4.79 Å². The fourth-order valence-corrected chi connectivity index (χ4v) is 2.51. The summed E-state index contributed by atoms with van der Waals surface area (Å²) in [7, 11) is 0. The Balaban J connectivity index is 2.15. The Hall–Kier alpha value is -1.06. The first-order valence-corrected chi connectivity index (χ1v) is 7.77. The van der Waals surface area contributed by atoms with Gasteiger partial charge in [0.05, 0.1) is 0 Å². The molecule has 116 valence electrons. The average molecular weight is 283 g/mol. The fraction of sp³-hybridized carbons (Fsp3) is 0.875. The predicted molar refractivity (Wildman–Crippen MR) is 79.6 cm³/mol. The van der Waals surface area contributed by atoms with Gasteiger partial charge in [-0.1, -0.05) is 19.8 Å². The lowest BCUT2D eigenvalue weighted by Gasteiger charge is -2.20. The summed E-state index contributed by atoms with van der Waals surface area (Å²) in [6.45, 7) is 8.15. The standard InChI is InChI=1S/C16H29NO3/c1-12(11-17-15(19)20-16(2,3)4)9-10-14(18)13-7-5-6-8-13/h12-13H,5-11H2,1-4H3,(H,17,19). The first kappa shape index (κ1) is 17.0. The molecular weight excluding hydrogens is 254 g/mol. The van der Waals surface area contributed by atoms with Crippen LogP contribution >= 0.6 is 0 Å². The van der Waals surface area contributed by atoms with Crippen LogP contribution in [0.3, 0.4) is 0 Å². The Morgan fingerprint density at radius 3 is 2.40 bits per heavy atom. The lowest BCUT2D eigenvalue weighted by molar-refractivity contribution is -0.122. The molecule has 1 aliphatic carbocycles. The third-order valence-corrected chi connectivity index (χ3v) is 3.69. The molecule has 1 atom stereocenters. The van der Waals surface area contributed by atoms with Gasteiger partial charge in [0, 0.05) is 18.9 Å². The summed E-state index contributed by atoms with van der Waals surface area (Å²) >= 11 is 0. The second-order valence-corrected chi connectivity index (χ2v) is 6.97. The first-order valence-electron chi connectivity index (χ1n) is 7.77. The highest BCUT2D eigenvalue weighted by molar-refractivity contribution is 5.81. The molecule has 0 aromatic heterocycles. The van der Waals surface area contributed by atoms with Crippen LogP contribution < -0.4 is 5.32 Å². The monoisotopic (exact) mass is 283 g/mol. The van der Waals surface area contributed by atoms with E-state index >= 15 is 0 Å². The van der Waals surface area contributed by atoms with Gasteiger partial charge < -0.3 is 10.1 Å². The maximum Gasteiger partial charge on any atom is 0.407 e. The maximum atomic E-state index is 12.0. The molecule has 1 saturated carbocycles. The van der Waals surface area contributed by atoms with E-state index in [-0.39, 0.29) is 6.09 Å². The Labute approximate surface area is 122 Å². The summed E-state index contributed by atoms with van der Waals surface area (Å²) in [5.74, 6) is 1.01. The molecule has 0 radical (unpaired) electrons. The molecule has 1 rings (SSSR count). The van der Waals surface area contributed by atoms with Gasteiger partial charge in [0.25, 0.3) is 0 Å². The van der Waals surface area contributed by atoms with Gasteiger partial charge in [-0.2, -0.15) is 0 Å². The van der Waals surface area contributed by atoms with E-state index in [1.54, 1.807) is 0 Å². The first-order chi connectivity index (χ1) is 9.28. The molecule has 0 aromatic rings. The summed E-state index contributed by atoms with van der Waals surface area (Å²) in [5.41, 5.74) is -0.467. The van der Waals surface area contributed by atoms with E-state index in [0.717, 1.165) is 19.3 Å². The summed E-state index contributed by atoms with van der Waals surface area (Å²) in [6, 6.07) is 0. The number of hydrogen-bond donors (Lipinski definition) is 1. The number of carbonyl (C=O) groups excluding carboxylic acids is 2. The Morgan fingerprint density at radius 1 is 1.25 bits per heavy atom. The quantitative estimate of drug-likeness (QED) is 0.809. The van der Waals surface area contributed by atoms with Gasteiger partial charge in [0.1, 0.15) is 11.4 Å². The molecular formula is C16H29NO3. The molecule has 20 heavy (non-hydrogen) atoms. The van der Waals surface area contributed by atoms with Crippen molar-refractivity contribution in [3.63, 3.8) is 0 Å². The van der Waals surface area contributed by atoms with Crippen LogP contribution in [0, 0.1) is 11.8 Å². The van der Waals surface area contributed by atoms with Crippen LogP contribution in [-0.2, 0) is 9.53 Å². The predicted octanol–water partition coefficient (Wildman–Crippen LogP) is 3.69. The van der Waals surface area contributed by atoms with Crippen molar-refractivity contribution in [3.05, 3.63) is 0 Å². The molecule has 0 bridgehead atoms.